The predicted octanol–water partition coefficient (Wildman–Crippen LogP) is 2.82. The second kappa shape index (κ2) is 8.61. The lowest BCUT2D eigenvalue weighted by atomic mass is 10.0. The van der Waals surface area contributed by atoms with E-state index in [1.54, 1.807) is 18.2 Å². The van der Waals surface area contributed by atoms with Gasteiger partial charge in [0.2, 0.25) is 0 Å². The Bertz CT molecular complexity index is 546. The summed E-state index contributed by atoms with van der Waals surface area (Å²) in [4.78, 5) is 0. The van der Waals surface area contributed by atoms with E-state index in [1.165, 1.54) is 0 Å². The highest BCUT2D eigenvalue weighted by molar-refractivity contribution is 7.91. The van der Waals surface area contributed by atoms with E-state index >= 15 is 0 Å². The van der Waals surface area contributed by atoms with Crippen molar-refractivity contribution in [2.75, 3.05) is 18.1 Å². The molecule has 0 heterocycles. The van der Waals surface area contributed by atoms with E-state index in [4.69, 9.17) is 22.1 Å². The van der Waals surface area contributed by atoms with Gasteiger partial charge in [-0.25, -0.2) is 8.42 Å². The van der Waals surface area contributed by atoms with Gasteiger partial charge in [0.1, 0.15) is 12.4 Å². The minimum atomic E-state index is -3.04. The summed E-state index contributed by atoms with van der Waals surface area (Å²) in [5, 5.41) is 0.604. The molecule has 4 nitrogen and oxygen atoms in total. The Labute approximate surface area is 132 Å². The van der Waals surface area contributed by atoms with Crippen LogP contribution in [-0.2, 0) is 16.3 Å². The van der Waals surface area contributed by atoms with Crippen LogP contribution in [0.5, 0.6) is 5.75 Å². The number of ether oxygens (including phenoxy) is 1. The number of sulfone groups is 1. The van der Waals surface area contributed by atoms with Crippen LogP contribution < -0.4 is 10.5 Å². The zero-order valence-electron chi connectivity index (χ0n) is 12.6. The smallest absolute Gasteiger partial charge is 0.153 e. The lowest BCUT2D eigenvalue weighted by Crippen LogP contribution is -2.22. The quantitative estimate of drug-likeness (QED) is 0.754. The highest BCUT2D eigenvalue weighted by atomic mass is 35.5. The second-order valence-electron chi connectivity index (χ2n) is 5.09. The molecule has 0 aromatic heterocycles. The third-order valence-corrected chi connectivity index (χ3v) is 5.41. The molecule has 1 unspecified atom stereocenters. The summed E-state index contributed by atoms with van der Waals surface area (Å²) >= 11 is 6.20. The highest BCUT2D eigenvalue weighted by Crippen LogP contribution is 2.28. The van der Waals surface area contributed by atoms with Gasteiger partial charge in [-0.3, -0.25) is 0 Å². The summed E-state index contributed by atoms with van der Waals surface area (Å²) in [6, 6.07) is 5.39. The van der Waals surface area contributed by atoms with Crippen LogP contribution in [0.25, 0.3) is 0 Å². The molecule has 0 amide bonds. The van der Waals surface area contributed by atoms with Crippen molar-refractivity contribution in [2.45, 2.75) is 39.2 Å². The molecule has 0 aliphatic heterocycles. The average molecular weight is 334 g/mol. The minimum Gasteiger partial charge on any atom is -0.492 e. The molecule has 0 fully saturated rings. The van der Waals surface area contributed by atoms with Gasteiger partial charge in [-0.05, 0) is 31.4 Å². The minimum absolute atomic E-state index is 0.0103. The Morgan fingerprint density at radius 3 is 2.62 bits per heavy atom. The van der Waals surface area contributed by atoms with Crippen molar-refractivity contribution >= 4 is 21.4 Å². The number of rotatable bonds is 9. The first kappa shape index (κ1) is 18.3. The van der Waals surface area contributed by atoms with Gasteiger partial charge in [0.25, 0.3) is 0 Å². The van der Waals surface area contributed by atoms with Crippen molar-refractivity contribution in [2.24, 2.45) is 5.73 Å². The van der Waals surface area contributed by atoms with E-state index in [-0.39, 0.29) is 24.2 Å². The van der Waals surface area contributed by atoms with Crippen LogP contribution in [0.3, 0.4) is 0 Å². The fourth-order valence-corrected chi connectivity index (χ4v) is 3.38. The van der Waals surface area contributed by atoms with Crippen molar-refractivity contribution in [3.8, 4) is 5.75 Å². The average Bonchev–Trinajstić information content (AvgIpc) is 2.41. The van der Waals surface area contributed by atoms with Crippen molar-refractivity contribution in [3.05, 3.63) is 28.8 Å². The number of nitrogens with two attached hydrogens (primary N) is 1. The monoisotopic (exact) mass is 333 g/mol. The summed E-state index contributed by atoms with van der Waals surface area (Å²) in [6.07, 6.45) is 2.08. The third kappa shape index (κ3) is 6.24. The summed E-state index contributed by atoms with van der Waals surface area (Å²) in [5.74, 6) is 0.838. The van der Waals surface area contributed by atoms with Gasteiger partial charge in [0.15, 0.2) is 9.84 Å². The molecule has 1 rings (SSSR count). The number of hydrogen-bond donors (Lipinski definition) is 1. The van der Waals surface area contributed by atoms with E-state index in [0.717, 1.165) is 12.0 Å². The largest absolute Gasteiger partial charge is 0.492 e. The Kier molecular flexibility index (Phi) is 7.49. The van der Waals surface area contributed by atoms with Gasteiger partial charge in [-0.15, -0.1) is 0 Å². The molecule has 1 atom stereocenters. The summed E-state index contributed by atoms with van der Waals surface area (Å²) < 4.78 is 29.0. The fourth-order valence-electron chi connectivity index (χ4n) is 1.97. The topological polar surface area (TPSA) is 69.4 Å². The van der Waals surface area contributed by atoms with E-state index in [0.29, 0.717) is 23.6 Å². The molecule has 0 radical (unpaired) electrons. The molecule has 0 aliphatic rings. The van der Waals surface area contributed by atoms with Crippen LogP contribution in [0.4, 0.5) is 0 Å². The number of benzene rings is 1. The molecule has 120 valence electrons. The summed E-state index contributed by atoms with van der Waals surface area (Å²) in [6.45, 7) is 4.00. The van der Waals surface area contributed by atoms with E-state index in [2.05, 4.69) is 0 Å². The second-order valence-corrected chi connectivity index (χ2v) is 7.80. The van der Waals surface area contributed by atoms with Gasteiger partial charge in [-0.1, -0.05) is 31.5 Å². The van der Waals surface area contributed by atoms with Crippen LogP contribution in [0.2, 0.25) is 5.02 Å². The van der Waals surface area contributed by atoms with Gasteiger partial charge in [0, 0.05) is 16.6 Å². The molecule has 0 aliphatic carbocycles. The van der Waals surface area contributed by atoms with E-state index in [1.807, 2.05) is 13.8 Å². The van der Waals surface area contributed by atoms with Crippen LogP contribution >= 0.6 is 11.6 Å². The Morgan fingerprint density at radius 2 is 2.00 bits per heavy atom. The normalized spacial score (nSPS) is 13.1. The Balaban J connectivity index is 2.73. The molecule has 0 saturated heterocycles. The first-order chi connectivity index (χ1) is 9.89. The van der Waals surface area contributed by atoms with Gasteiger partial charge < -0.3 is 10.5 Å². The van der Waals surface area contributed by atoms with Crippen molar-refractivity contribution < 1.29 is 13.2 Å². The molecule has 21 heavy (non-hydrogen) atoms. The first-order valence-electron chi connectivity index (χ1n) is 7.25. The molecule has 0 saturated carbocycles. The van der Waals surface area contributed by atoms with E-state index < -0.39 is 9.84 Å². The van der Waals surface area contributed by atoms with Crippen LogP contribution in [0, 0.1) is 0 Å². The van der Waals surface area contributed by atoms with Crippen LogP contribution in [0.15, 0.2) is 18.2 Å². The lowest BCUT2D eigenvalue weighted by Gasteiger charge is -2.16. The van der Waals surface area contributed by atoms with Gasteiger partial charge in [0.05, 0.1) is 11.5 Å². The predicted molar refractivity (Wildman–Crippen MR) is 87.9 cm³/mol. The van der Waals surface area contributed by atoms with Crippen molar-refractivity contribution in [1.82, 2.24) is 0 Å². The maximum absolute atomic E-state index is 11.7. The van der Waals surface area contributed by atoms with Crippen molar-refractivity contribution in [3.63, 3.8) is 0 Å². The summed E-state index contributed by atoms with van der Waals surface area (Å²) in [5.41, 5.74) is 6.82. The van der Waals surface area contributed by atoms with Gasteiger partial charge in [-0.2, -0.15) is 0 Å². The SMILES string of the molecule is CCCS(=O)(=O)CCOc1cccc(Cl)c1CC(N)CC. The zero-order valence-corrected chi connectivity index (χ0v) is 14.2. The molecule has 0 bridgehead atoms. The maximum atomic E-state index is 11.7. The van der Waals surface area contributed by atoms with Gasteiger partial charge >= 0.3 is 0 Å². The Morgan fingerprint density at radius 1 is 1.29 bits per heavy atom. The molecule has 0 spiro atoms. The number of halogens is 1. The Hall–Kier alpha value is -0.780. The fraction of sp³-hybridized carbons (Fsp3) is 0.600. The summed E-state index contributed by atoms with van der Waals surface area (Å²) in [7, 11) is -3.04. The molecule has 1 aromatic carbocycles. The third-order valence-electron chi connectivity index (χ3n) is 3.23. The molecule has 1 aromatic rings. The van der Waals surface area contributed by atoms with Crippen molar-refractivity contribution in [1.29, 1.82) is 0 Å². The first-order valence-corrected chi connectivity index (χ1v) is 9.45. The molecule has 6 heteroatoms. The van der Waals surface area contributed by atoms with Crippen LogP contribution in [-0.4, -0.2) is 32.6 Å². The maximum Gasteiger partial charge on any atom is 0.153 e. The van der Waals surface area contributed by atoms with E-state index in [9.17, 15) is 8.42 Å². The zero-order chi connectivity index (χ0) is 15.9. The van der Waals surface area contributed by atoms with Crippen LogP contribution in [0.1, 0.15) is 32.3 Å². The molecular formula is C15H24ClNO3S. The standard InChI is InChI=1S/C15H24ClNO3S/c1-3-9-21(18,19)10-8-20-15-7-5-6-14(16)13(15)11-12(17)4-2/h5-7,12H,3-4,8-11,17H2,1-2H3. The lowest BCUT2D eigenvalue weighted by molar-refractivity contribution is 0.336. The highest BCUT2D eigenvalue weighted by Gasteiger charge is 2.14. The number of hydrogen-bond acceptors (Lipinski definition) is 4. The molecular weight excluding hydrogens is 310 g/mol. The molecule has 2 N–H and O–H groups in total.